The van der Waals surface area contributed by atoms with E-state index < -0.39 is 0 Å². The fourth-order valence-corrected chi connectivity index (χ4v) is 2.44. The first-order valence-corrected chi connectivity index (χ1v) is 7.06. The summed E-state index contributed by atoms with van der Waals surface area (Å²) in [5, 5.41) is 8.30. The van der Waals surface area contributed by atoms with Gasteiger partial charge in [0.25, 0.3) is 11.5 Å². The largest absolute Gasteiger partial charge is 0.268 e. The molecule has 6 heteroatoms. The SMILES string of the molecule is O=c1c2ccccc2nc(-c2ccccc2)n1-c1nccnn1. The highest BCUT2D eigenvalue weighted by Gasteiger charge is 2.15. The first kappa shape index (κ1) is 13.3. The Labute approximate surface area is 131 Å². The molecule has 2 heterocycles. The molecular formula is C17H11N5O. The Bertz CT molecular complexity index is 1030. The topological polar surface area (TPSA) is 73.6 Å². The Morgan fingerprint density at radius 1 is 0.870 bits per heavy atom. The van der Waals surface area contributed by atoms with Crippen LogP contribution >= 0.6 is 0 Å². The maximum Gasteiger partial charge on any atom is 0.268 e. The number of para-hydroxylation sites is 1. The van der Waals surface area contributed by atoms with Gasteiger partial charge in [0.2, 0.25) is 0 Å². The van der Waals surface area contributed by atoms with Crippen molar-refractivity contribution >= 4 is 10.9 Å². The van der Waals surface area contributed by atoms with Crippen LogP contribution in [-0.2, 0) is 0 Å². The molecule has 0 aliphatic heterocycles. The van der Waals surface area contributed by atoms with E-state index in [1.54, 1.807) is 6.07 Å². The predicted molar refractivity (Wildman–Crippen MR) is 86.2 cm³/mol. The normalized spacial score (nSPS) is 10.8. The zero-order chi connectivity index (χ0) is 15.6. The van der Waals surface area contributed by atoms with E-state index in [1.165, 1.54) is 17.0 Å². The minimum absolute atomic E-state index is 0.203. The highest BCUT2D eigenvalue weighted by atomic mass is 16.1. The van der Waals surface area contributed by atoms with Gasteiger partial charge in [-0.05, 0) is 12.1 Å². The lowest BCUT2D eigenvalue weighted by Crippen LogP contribution is -2.24. The van der Waals surface area contributed by atoms with Crippen molar-refractivity contribution in [1.29, 1.82) is 0 Å². The molecule has 0 fully saturated rings. The predicted octanol–water partition coefficient (Wildman–Crippen LogP) is 2.24. The number of fused-ring (bicyclic) bond motifs is 1. The molecule has 0 bridgehead atoms. The molecule has 4 aromatic rings. The molecule has 0 saturated carbocycles. The second-order valence-electron chi connectivity index (χ2n) is 4.90. The van der Waals surface area contributed by atoms with Gasteiger partial charge in [-0.1, -0.05) is 42.5 Å². The van der Waals surface area contributed by atoms with Crippen molar-refractivity contribution in [3.8, 4) is 17.3 Å². The summed E-state index contributed by atoms with van der Waals surface area (Å²) in [4.78, 5) is 21.7. The van der Waals surface area contributed by atoms with Gasteiger partial charge in [-0.25, -0.2) is 14.5 Å². The minimum Gasteiger partial charge on any atom is -0.268 e. The standard InChI is InChI=1S/C17H11N5O/c23-16-13-8-4-5-9-14(13)20-15(12-6-2-1-3-7-12)22(16)17-18-10-11-19-21-17/h1-11H. The van der Waals surface area contributed by atoms with Crippen molar-refractivity contribution in [2.75, 3.05) is 0 Å². The van der Waals surface area contributed by atoms with E-state index in [0.717, 1.165) is 5.56 Å². The summed E-state index contributed by atoms with van der Waals surface area (Å²) >= 11 is 0. The molecule has 0 aliphatic rings. The molecule has 0 atom stereocenters. The summed E-state index contributed by atoms with van der Waals surface area (Å²) in [5.74, 6) is 0.692. The second-order valence-corrected chi connectivity index (χ2v) is 4.90. The molecule has 23 heavy (non-hydrogen) atoms. The van der Waals surface area contributed by atoms with Gasteiger partial charge < -0.3 is 0 Å². The van der Waals surface area contributed by atoms with Crippen LogP contribution in [0.15, 0.2) is 71.8 Å². The van der Waals surface area contributed by atoms with Crippen LogP contribution in [0.5, 0.6) is 0 Å². The van der Waals surface area contributed by atoms with Crippen LogP contribution in [0.25, 0.3) is 28.2 Å². The summed E-state index contributed by atoms with van der Waals surface area (Å²) in [6, 6.07) is 16.7. The van der Waals surface area contributed by atoms with Crippen molar-refractivity contribution in [3.63, 3.8) is 0 Å². The Kier molecular flexibility index (Phi) is 3.12. The van der Waals surface area contributed by atoms with E-state index in [-0.39, 0.29) is 11.5 Å². The van der Waals surface area contributed by atoms with Crippen molar-refractivity contribution in [2.24, 2.45) is 0 Å². The average Bonchev–Trinajstić information content (AvgIpc) is 2.63. The zero-order valence-electron chi connectivity index (χ0n) is 12.0. The fraction of sp³-hybridized carbons (Fsp3) is 0. The number of aromatic nitrogens is 5. The molecular weight excluding hydrogens is 290 g/mol. The van der Waals surface area contributed by atoms with Gasteiger partial charge in [0.1, 0.15) is 0 Å². The Morgan fingerprint density at radius 3 is 2.43 bits per heavy atom. The molecule has 0 spiro atoms. The second kappa shape index (κ2) is 5.42. The van der Waals surface area contributed by atoms with E-state index in [9.17, 15) is 4.79 Å². The number of hydrogen-bond donors (Lipinski definition) is 0. The van der Waals surface area contributed by atoms with Crippen LogP contribution in [0.2, 0.25) is 0 Å². The number of hydrogen-bond acceptors (Lipinski definition) is 5. The first-order valence-electron chi connectivity index (χ1n) is 7.06. The van der Waals surface area contributed by atoms with Crippen molar-refractivity contribution in [2.45, 2.75) is 0 Å². The summed E-state index contributed by atoms with van der Waals surface area (Å²) in [6.45, 7) is 0. The molecule has 0 aliphatic carbocycles. The Hall–Kier alpha value is -3.41. The number of nitrogens with zero attached hydrogens (tertiary/aromatic N) is 5. The van der Waals surface area contributed by atoms with Crippen molar-refractivity contribution in [1.82, 2.24) is 24.7 Å². The van der Waals surface area contributed by atoms with Crippen molar-refractivity contribution in [3.05, 3.63) is 77.3 Å². The van der Waals surface area contributed by atoms with Crippen molar-refractivity contribution < 1.29 is 0 Å². The molecule has 0 saturated heterocycles. The maximum atomic E-state index is 12.9. The van der Waals surface area contributed by atoms with Gasteiger partial charge in [-0.2, -0.15) is 5.10 Å². The van der Waals surface area contributed by atoms with Crippen LogP contribution in [0.4, 0.5) is 0 Å². The Morgan fingerprint density at radius 2 is 1.65 bits per heavy atom. The number of rotatable bonds is 2. The van der Waals surface area contributed by atoms with E-state index >= 15 is 0 Å². The quantitative estimate of drug-likeness (QED) is 0.567. The third-order valence-electron chi connectivity index (χ3n) is 3.48. The highest BCUT2D eigenvalue weighted by molar-refractivity contribution is 5.80. The summed E-state index contributed by atoms with van der Waals surface area (Å²) in [5.41, 5.74) is 1.22. The summed E-state index contributed by atoms with van der Waals surface area (Å²) in [6.07, 6.45) is 2.96. The minimum atomic E-state index is -0.220. The summed E-state index contributed by atoms with van der Waals surface area (Å²) in [7, 11) is 0. The summed E-state index contributed by atoms with van der Waals surface area (Å²) < 4.78 is 1.39. The van der Waals surface area contributed by atoms with Gasteiger partial charge in [-0.3, -0.25) is 4.79 Å². The highest BCUT2D eigenvalue weighted by Crippen LogP contribution is 2.20. The lowest BCUT2D eigenvalue weighted by molar-refractivity contribution is 0.827. The van der Waals surface area contributed by atoms with Crippen LogP contribution in [0.3, 0.4) is 0 Å². The third kappa shape index (κ3) is 2.26. The van der Waals surface area contributed by atoms with Crippen LogP contribution < -0.4 is 5.56 Å². The first-order chi connectivity index (χ1) is 11.3. The van der Waals surface area contributed by atoms with Gasteiger partial charge in [-0.15, -0.1) is 5.10 Å². The van der Waals surface area contributed by atoms with Gasteiger partial charge >= 0.3 is 0 Å². The lowest BCUT2D eigenvalue weighted by atomic mass is 10.2. The van der Waals surface area contributed by atoms with Crippen LogP contribution in [0.1, 0.15) is 0 Å². The fourth-order valence-electron chi connectivity index (χ4n) is 2.44. The smallest absolute Gasteiger partial charge is 0.268 e. The third-order valence-corrected chi connectivity index (χ3v) is 3.48. The lowest BCUT2D eigenvalue weighted by Gasteiger charge is -2.11. The average molecular weight is 301 g/mol. The van der Waals surface area contributed by atoms with E-state index in [4.69, 9.17) is 0 Å². The molecule has 0 radical (unpaired) electrons. The van der Waals surface area contributed by atoms with Gasteiger partial charge in [0, 0.05) is 5.56 Å². The number of benzene rings is 2. The van der Waals surface area contributed by atoms with E-state index in [0.29, 0.717) is 16.7 Å². The molecule has 2 aromatic heterocycles. The van der Waals surface area contributed by atoms with Crippen LogP contribution in [0, 0.1) is 0 Å². The van der Waals surface area contributed by atoms with E-state index in [2.05, 4.69) is 20.2 Å². The van der Waals surface area contributed by atoms with E-state index in [1.807, 2.05) is 48.5 Å². The zero-order valence-corrected chi connectivity index (χ0v) is 12.0. The van der Waals surface area contributed by atoms with Gasteiger partial charge in [0.05, 0.1) is 23.3 Å². The molecule has 0 unspecified atom stereocenters. The maximum absolute atomic E-state index is 12.9. The van der Waals surface area contributed by atoms with Crippen LogP contribution in [-0.4, -0.2) is 24.7 Å². The molecule has 2 aromatic carbocycles. The van der Waals surface area contributed by atoms with Gasteiger partial charge in [0.15, 0.2) is 5.82 Å². The molecule has 110 valence electrons. The Balaban J connectivity index is 2.14. The molecule has 6 nitrogen and oxygen atoms in total. The monoisotopic (exact) mass is 301 g/mol. The molecule has 0 N–H and O–H groups in total. The molecule has 4 rings (SSSR count). The molecule has 0 amide bonds.